The molecule has 0 aromatic heterocycles. The van der Waals surface area contributed by atoms with E-state index in [1.54, 1.807) is 0 Å². The Balaban J connectivity index is 0.00000161. The van der Waals surface area contributed by atoms with Gasteiger partial charge in [0.05, 0.1) is 0 Å². The Morgan fingerprint density at radius 3 is 2.62 bits per heavy atom. The maximum Gasteiger partial charge on any atom is 0.260 e. The van der Waals surface area contributed by atoms with Crippen LogP contribution in [0.5, 0.6) is 5.75 Å². The van der Waals surface area contributed by atoms with Crippen molar-refractivity contribution >= 4 is 18.3 Å². The van der Waals surface area contributed by atoms with Gasteiger partial charge in [-0.05, 0) is 29.9 Å². The molecule has 4 nitrogen and oxygen atoms in total. The van der Waals surface area contributed by atoms with Gasteiger partial charge in [-0.2, -0.15) is 0 Å². The van der Waals surface area contributed by atoms with Crippen LogP contribution in [0.1, 0.15) is 12.5 Å². The van der Waals surface area contributed by atoms with Crippen molar-refractivity contribution in [3.05, 3.63) is 29.8 Å². The summed E-state index contributed by atoms with van der Waals surface area (Å²) in [5.41, 5.74) is 1.16. The third kappa shape index (κ3) is 3.50. The number of benzene rings is 1. The van der Waals surface area contributed by atoms with E-state index < -0.39 is 0 Å². The molecule has 1 aromatic carbocycles. The second kappa shape index (κ2) is 7.14. The van der Waals surface area contributed by atoms with Crippen LogP contribution in [0.15, 0.2) is 24.3 Å². The third-order valence-corrected chi connectivity index (χ3v) is 4.45. The highest BCUT2D eigenvalue weighted by Crippen LogP contribution is 2.26. The molecule has 2 fully saturated rings. The van der Waals surface area contributed by atoms with Crippen LogP contribution < -0.4 is 10.1 Å². The molecule has 0 bridgehead atoms. The van der Waals surface area contributed by atoms with Crippen molar-refractivity contribution in [2.45, 2.75) is 13.3 Å². The van der Waals surface area contributed by atoms with Crippen LogP contribution in [-0.2, 0) is 11.2 Å². The summed E-state index contributed by atoms with van der Waals surface area (Å²) in [6.45, 7) is 6.12. The van der Waals surface area contributed by atoms with Crippen molar-refractivity contribution in [1.82, 2.24) is 10.2 Å². The molecule has 2 atom stereocenters. The SMILES string of the molecule is CCc1ccccc1OCC(=O)N1C[C@H]2CNC[C@H]2C1.Cl. The topological polar surface area (TPSA) is 41.6 Å². The van der Waals surface area contributed by atoms with Gasteiger partial charge in [-0.3, -0.25) is 4.79 Å². The second-order valence-electron chi connectivity index (χ2n) is 5.73. The van der Waals surface area contributed by atoms with Gasteiger partial charge in [-0.25, -0.2) is 0 Å². The number of hydrogen-bond acceptors (Lipinski definition) is 3. The molecule has 2 aliphatic heterocycles. The Labute approximate surface area is 132 Å². The lowest BCUT2D eigenvalue weighted by molar-refractivity contribution is -0.132. The molecule has 0 aliphatic carbocycles. The predicted octanol–water partition coefficient (Wildman–Crippen LogP) is 1.73. The largest absolute Gasteiger partial charge is 0.483 e. The molecule has 1 aromatic rings. The van der Waals surface area contributed by atoms with E-state index in [0.29, 0.717) is 11.8 Å². The van der Waals surface area contributed by atoms with E-state index in [9.17, 15) is 4.79 Å². The summed E-state index contributed by atoms with van der Waals surface area (Å²) >= 11 is 0. The summed E-state index contributed by atoms with van der Waals surface area (Å²) in [6.07, 6.45) is 0.921. The number of ether oxygens (including phenoxy) is 1. The van der Waals surface area contributed by atoms with Crippen molar-refractivity contribution in [3.8, 4) is 5.75 Å². The maximum atomic E-state index is 12.2. The quantitative estimate of drug-likeness (QED) is 0.921. The van der Waals surface area contributed by atoms with Crippen molar-refractivity contribution < 1.29 is 9.53 Å². The molecule has 2 aliphatic rings. The number of carbonyl (C=O) groups is 1. The third-order valence-electron chi connectivity index (χ3n) is 4.45. The second-order valence-corrected chi connectivity index (χ2v) is 5.73. The number of carbonyl (C=O) groups excluding carboxylic acids is 1. The molecule has 0 saturated carbocycles. The normalized spacial score (nSPS) is 23.6. The van der Waals surface area contributed by atoms with E-state index >= 15 is 0 Å². The van der Waals surface area contributed by atoms with Crippen LogP contribution in [0.25, 0.3) is 0 Å². The predicted molar refractivity (Wildman–Crippen MR) is 85.0 cm³/mol. The number of aryl methyl sites for hydroxylation is 1. The summed E-state index contributed by atoms with van der Waals surface area (Å²) in [4.78, 5) is 14.2. The Morgan fingerprint density at radius 1 is 1.29 bits per heavy atom. The first-order valence-corrected chi connectivity index (χ1v) is 7.47. The highest BCUT2D eigenvalue weighted by molar-refractivity contribution is 5.85. The number of halogens is 1. The van der Waals surface area contributed by atoms with Gasteiger partial charge in [-0.1, -0.05) is 25.1 Å². The maximum absolute atomic E-state index is 12.2. The Bertz CT molecular complexity index is 483. The van der Waals surface area contributed by atoms with Crippen molar-refractivity contribution in [2.24, 2.45) is 11.8 Å². The fraction of sp³-hybridized carbons (Fsp3) is 0.562. The zero-order valence-electron chi connectivity index (χ0n) is 12.4. The lowest BCUT2D eigenvalue weighted by Gasteiger charge is -2.18. The first-order chi connectivity index (χ1) is 9.78. The van der Waals surface area contributed by atoms with Crippen molar-refractivity contribution in [1.29, 1.82) is 0 Å². The molecule has 2 saturated heterocycles. The van der Waals surface area contributed by atoms with E-state index in [1.165, 1.54) is 0 Å². The van der Waals surface area contributed by atoms with Crippen LogP contribution in [0.3, 0.4) is 0 Å². The Kier molecular flexibility index (Phi) is 5.48. The number of likely N-dealkylation sites (tertiary alicyclic amines) is 1. The number of rotatable bonds is 4. The van der Waals surface area contributed by atoms with Crippen LogP contribution in [0.2, 0.25) is 0 Å². The van der Waals surface area contributed by atoms with Gasteiger partial charge in [-0.15, -0.1) is 12.4 Å². The smallest absolute Gasteiger partial charge is 0.260 e. The molecule has 5 heteroatoms. The van der Waals surface area contributed by atoms with E-state index in [2.05, 4.69) is 12.2 Å². The van der Waals surface area contributed by atoms with E-state index in [-0.39, 0.29) is 24.9 Å². The van der Waals surface area contributed by atoms with Crippen LogP contribution in [0.4, 0.5) is 0 Å². The summed E-state index contributed by atoms with van der Waals surface area (Å²) in [7, 11) is 0. The highest BCUT2D eigenvalue weighted by Gasteiger charge is 2.37. The fourth-order valence-corrected chi connectivity index (χ4v) is 3.23. The van der Waals surface area contributed by atoms with Gasteiger partial charge in [0.25, 0.3) is 5.91 Å². The van der Waals surface area contributed by atoms with E-state index in [0.717, 1.165) is 43.9 Å². The first-order valence-electron chi connectivity index (χ1n) is 7.47. The monoisotopic (exact) mass is 310 g/mol. The minimum Gasteiger partial charge on any atom is -0.483 e. The van der Waals surface area contributed by atoms with Gasteiger partial charge in [0.2, 0.25) is 0 Å². The molecule has 116 valence electrons. The number of amides is 1. The molecule has 0 spiro atoms. The molecule has 3 rings (SSSR count). The van der Waals surface area contributed by atoms with Crippen LogP contribution >= 0.6 is 12.4 Å². The molecular formula is C16H23ClN2O2. The molecular weight excluding hydrogens is 288 g/mol. The Hall–Kier alpha value is -1.26. The summed E-state index contributed by atoms with van der Waals surface area (Å²) in [5, 5.41) is 3.39. The lowest BCUT2D eigenvalue weighted by atomic mass is 10.0. The summed E-state index contributed by atoms with van der Waals surface area (Å²) < 4.78 is 5.72. The molecule has 0 unspecified atom stereocenters. The van der Waals surface area contributed by atoms with Gasteiger partial charge >= 0.3 is 0 Å². The van der Waals surface area contributed by atoms with Crippen molar-refractivity contribution in [3.63, 3.8) is 0 Å². The molecule has 1 amide bonds. The minimum atomic E-state index is 0. The number of para-hydroxylation sites is 1. The van der Waals surface area contributed by atoms with Gasteiger partial charge in [0.15, 0.2) is 6.61 Å². The highest BCUT2D eigenvalue weighted by atomic mass is 35.5. The minimum absolute atomic E-state index is 0. The standard InChI is InChI=1S/C16H22N2O2.ClH/c1-2-12-5-3-4-6-15(12)20-11-16(19)18-9-13-7-17-8-14(13)10-18;/h3-6,13-14,17H,2,7-11H2,1H3;1H/t13-,14+;. The first kappa shape index (κ1) is 16.1. The average molecular weight is 311 g/mol. The van der Waals surface area contributed by atoms with Crippen LogP contribution in [0, 0.1) is 11.8 Å². The van der Waals surface area contributed by atoms with E-state index in [1.807, 2.05) is 29.2 Å². The fourth-order valence-electron chi connectivity index (χ4n) is 3.23. The summed E-state index contributed by atoms with van der Waals surface area (Å²) in [6, 6.07) is 7.94. The van der Waals surface area contributed by atoms with Crippen LogP contribution in [-0.4, -0.2) is 43.6 Å². The molecule has 2 heterocycles. The number of hydrogen-bond donors (Lipinski definition) is 1. The average Bonchev–Trinajstić information content (AvgIpc) is 3.06. The molecule has 0 radical (unpaired) electrons. The van der Waals surface area contributed by atoms with Gasteiger partial charge < -0.3 is 15.0 Å². The van der Waals surface area contributed by atoms with E-state index in [4.69, 9.17) is 4.74 Å². The summed E-state index contributed by atoms with van der Waals surface area (Å²) in [5.74, 6) is 2.23. The van der Waals surface area contributed by atoms with Crippen molar-refractivity contribution in [2.75, 3.05) is 32.8 Å². The number of nitrogens with zero attached hydrogens (tertiary/aromatic N) is 1. The lowest BCUT2D eigenvalue weighted by Crippen LogP contribution is -2.35. The number of nitrogens with one attached hydrogen (secondary N) is 1. The Morgan fingerprint density at radius 2 is 1.95 bits per heavy atom. The van der Waals surface area contributed by atoms with Gasteiger partial charge in [0.1, 0.15) is 5.75 Å². The number of fused-ring (bicyclic) bond motifs is 1. The zero-order valence-corrected chi connectivity index (χ0v) is 13.2. The molecule has 21 heavy (non-hydrogen) atoms. The molecule has 1 N–H and O–H groups in total. The zero-order chi connectivity index (χ0) is 13.9. The van der Waals surface area contributed by atoms with Gasteiger partial charge in [0, 0.05) is 26.2 Å².